The van der Waals surface area contributed by atoms with Crippen LogP contribution in [0.4, 0.5) is 4.39 Å². The molecule has 16 heavy (non-hydrogen) atoms. The van der Waals surface area contributed by atoms with Crippen LogP contribution in [0.15, 0.2) is 24.3 Å². The molecule has 0 radical (unpaired) electrons. The maximum Gasteiger partial charge on any atom is 0.126 e. The third-order valence-corrected chi connectivity index (χ3v) is 2.81. The van der Waals surface area contributed by atoms with E-state index in [9.17, 15) is 4.39 Å². The zero-order valence-electron chi connectivity index (χ0n) is 9.78. The first kappa shape index (κ1) is 13.3. The molecule has 0 saturated carbocycles. The van der Waals surface area contributed by atoms with Gasteiger partial charge in [-0.2, -0.15) is 11.8 Å². The first-order chi connectivity index (χ1) is 7.72. The van der Waals surface area contributed by atoms with Crippen LogP contribution in [-0.2, 0) is 0 Å². The summed E-state index contributed by atoms with van der Waals surface area (Å²) in [5.41, 5.74) is 0. The molecule has 0 saturated heterocycles. The molecule has 0 bridgehead atoms. The van der Waals surface area contributed by atoms with E-state index >= 15 is 0 Å². The lowest BCUT2D eigenvalue weighted by Crippen LogP contribution is -2.26. The molecule has 90 valence electrons. The number of nitrogens with zero attached hydrogens (tertiary/aromatic N) is 1. The first-order valence-electron chi connectivity index (χ1n) is 5.28. The van der Waals surface area contributed by atoms with Gasteiger partial charge >= 0.3 is 0 Å². The number of ether oxygens (including phenoxy) is 1. The molecule has 0 unspecified atom stereocenters. The van der Waals surface area contributed by atoms with E-state index in [2.05, 4.69) is 18.2 Å². The summed E-state index contributed by atoms with van der Waals surface area (Å²) in [5.74, 6) is 1.46. The van der Waals surface area contributed by atoms with Gasteiger partial charge in [0.15, 0.2) is 0 Å². The van der Waals surface area contributed by atoms with Gasteiger partial charge < -0.3 is 9.64 Å². The van der Waals surface area contributed by atoms with Crippen molar-refractivity contribution in [3.63, 3.8) is 0 Å². The maximum absolute atomic E-state index is 12.8. The summed E-state index contributed by atoms with van der Waals surface area (Å²) in [4.78, 5) is 2.20. The van der Waals surface area contributed by atoms with Gasteiger partial charge in [-0.1, -0.05) is 6.07 Å². The van der Waals surface area contributed by atoms with E-state index in [1.165, 1.54) is 12.1 Å². The van der Waals surface area contributed by atoms with Crippen LogP contribution in [0.2, 0.25) is 0 Å². The van der Waals surface area contributed by atoms with Crippen molar-refractivity contribution in [3.8, 4) is 5.75 Å². The molecule has 0 aliphatic heterocycles. The van der Waals surface area contributed by atoms with Gasteiger partial charge in [-0.15, -0.1) is 0 Å². The Morgan fingerprint density at radius 3 is 2.88 bits per heavy atom. The Labute approximate surface area is 101 Å². The minimum atomic E-state index is -0.256. The summed E-state index contributed by atoms with van der Waals surface area (Å²) < 4.78 is 18.3. The Balaban J connectivity index is 2.20. The van der Waals surface area contributed by atoms with Gasteiger partial charge in [0.25, 0.3) is 0 Å². The van der Waals surface area contributed by atoms with E-state index in [1.54, 1.807) is 12.1 Å². The van der Waals surface area contributed by atoms with Crippen molar-refractivity contribution in [3.05, 3.63) is 30.1 Å². The molecule has 0 fully saturated rings. The number of halogens is 1. The van der Waals surface area contributed by atoms with Crippen molar-refractivity contribution in [1.82, 2.24) is 4.90 Å². The smallest absolute Gasteiger partial charge is 0.126 e. The predicted octanol–water partition coefficient (Wildman–Crippen LogP) is 2.50. The van der Waals surface area contributed by atoms with Gasteiger partial charge in [0.1, 0.15) is 18.2 Å². The van der Waals surface area contributed by atoms with Crippen molar-refractivity contribution in [2.45, 2.75) is 0 Å². The monoisotopic (exact) mass is 243 g/mol. The molecule has 0 amide bonds. The predicted molar refractivity (Wildman–Crippen MR) is 67.8 cm³/mol. The SMILES string of the molecule is CSCCN(C)CCOc1cccc(F)c1. The number of likely N-dealkylation sites (N-methyl/N-ethyl adjacent to an activating group) is 1. The molecule has 0 aliphatic rings. The van der Waals surface area contributed by atoms with Crippen molar-refractivity contribution in [1.29, 1.82) is 0 Å². The second kappa shape index (κ2) is 7.52. The van der Waals surface area contributed by atoms with Crippen LogP contribution in [0, 0.1) is 5.82 Å². The highest BCUT2D eigenvalue weighted by Crippen LogP contribution is 2.11. The summed E-state index contributed by atoms with van der Waals surface area (Å²) in [7, 11) is 2.06. The quantitative estimate of drug-likeness (QED) is 0.730. The summed E-state index contributed by atoms with van der Waals surface area (Å²) in [6.07, 6.45) is 2.09. The number of thioether (sulfide) groups is 1. The number of hydrogen-bond acceptors (Lipinski definition) is 3. The highest BCUT2D eigenvalue weighted by atomic mass is 32.2. The lowest BCUT2D eigenvalue weighted by Gasteiger charge is -2.16. The third-order valence-electron chi connectivity index (χ3n) is 2.21. The van der Waals surface area contributed by atoms with E-state index in [4.69, 9.17) is 4.74 Å². The number of hydrogen-bond donors (Lipinski definition) is 0. The van der Waals surface area contributed by atoms with Gasteiger partial charge in [-0.3, -0.25) is 0 Å². The topological polar surface area (TPSA) is 12.5 Å². The van der Waals surface area contributed by atoms with Crippen LogP contribution in [0.25, 0.3) is 0 Å². The fourth-order valence-corrected chi connectivity index (χ4v) is 1.73. The van der Waals surface area contributed by atoms with Crippen molar-refractivity contribution in [2.24, 2.45) is 0 Å². The molecule has 0 heterocycles. The standard InChI is InChI=1S/C12H18FNOS/c1-14(7-9-16-2)6-8-15-12-5-3-4-11(13)10-12/h3-5,10H,6-9H2,1-2H3. The molecule has 1 aromatic carbocycles. The maximum atomic E-state index is 12.8. The fourth-order valence-electron chi connectivity index (χ4n) is 1.24. The average Bonchev–Trinajstić information content (AvgIpc) is 2.26. The normalized spacial score (nSPS) is 10.8. The van der Waals surface area contributed by atoms with Crippen molar-refractivity contribution in [2.75, 3.05) is 38.8 Å². The van der Waals surface area contributed by atoms with Crippen LogP contribution < -0.4 is 4.74 Å². The molecule has 0 aromatic heterocycles. The fraction of sp³-hybridized carbons (Fsp3) is 0.500. The summed E-state index contributed by atoms with van der Waals surface area (Å²) >= 11 is 1.83. The van der Waals surface area contributed by atoms with Crippen LogP contribution >= 0.6 is 11.8 Å². The van der Waals surface area contributed by atoms with Crippen LogP contribution in [-0.4, -0.2) is 43.7 Å². The second-order valence-electron chi connectivity index (χ2n) is 3.60. The Kier molecular flexibility index (Phi) is 6.26. The lowest BCUT2D eigenvalue weighted by atomic mass is 10.3. The molecule has 1 rings (SSSR count). The minimum Gasteiger partial charge on any atom is -0.492 e. The van der Waals surface area contributed by atoms with Gasteiger partial charge in [0, 0.05) is 24.9 Å². The molecule has 0 atom stereocenters. The molecule has 0 aliphatic carbocycles. The molecule has 0 N–H and O–H groups in total. The second-order valence-corrected chi connectivity index (χ2v) is 4.59. The van der Waals surface area contributed by atoms with Crippen molar-refractivity contribution >= 4 is 11.8 Å². The first-order valence-corrected chi connectivity index (χ1v) is 6.67. The van der Waals surface area contributed by atoms with E-state index in [1.807, 2.05) is 11.8 Å². The average molecular weight is 243 g/mol. The van der Waals surface area contributed by atoms with Crippen molar-refractivity contribution < 1.29 is 9.13 Å². The number of rotatable bonds is 7. The van der Waals surface area contributed by atoms with Crippen LogP contribution in [0.1, 0.15) is 0 Å². The Hall–Kier alpha value is -0.740. The molecule has 4 heteroatoms. The molecular weight excluding hydrogens is 225 g/mol. The largest absolute Gasteiger partial charge is 0.492 e. The molecule has 1 aromatic rings. The Bertz CT molecular complexity index is 309. The van der Waals surface area contributed by atoms with E-state index < -0.39 is 0 Å². The lowest BCUT2D eigenvalue weighted by molar-refractivity contribution is 0.244. The Morgan fingerprint density at radius 2 is 2.19 bits per heavy atom. The summed E-state index contributed by atoms with van der Waals surface area (Å²) in [6.45, 7) is 2.50. The van der Waals surface area contributed by atoms with Gasteiger partial charge in [-0.05, 0) is 25.4 Å². The van der Waals surface area contributed by atoms with E-state index in [0.717, 1.165) is 18.8 Å². The molecule has 0 spiro atoms. The highest BCUT2D eigenvalue weighted by molar-refractivity contribution is 7.98. The zero-order chi connectivity index (χ0) is 11.8. The minimum absolute atomic E-state index is 0.256. The van der Waals surface area contributed by atoms with Crippen LogP contribution in [0.5, 0.6) is 5.75 Å². The van der Waals surface area contributed by atoms with Gasteiger partial charge in [0.05, 0.1) is 0 Å². The molecule has 2 nitrogen and oxygen atoms in total. The molecular formula is C12H18FNOS. The number of benzene rings is 1. The zero-order valence-corrected chi connectivity index (χ0v) is 10.6. The highest BCUT2D eigenvalue weighted by Gasteiger charge is 1.99. The third kappa shape index (κ3) is 5.37. The van der Waals surface area contributed by atoms with E-state index in [-0.39, 0.29) is 5.82 Å². The summed E-state index contributed by atoms with van der Waals surface area (Å²) in [6, 6.07) is 6.24. The summed E-state index contributed by atoms with van der Waals surface area (Å²) in [5, 5.41) is 0. The Morgan fingerprint density at radius 1 is 1.38 bits per heavy atom. The van der Waals surface area contributed by atoms with Crippen LogP contribution in [0.3, 0.4) is 0 Å². The van der Waals surface area contributed by atoms with Gasteiger partial charge in [0.2, 0.25) is 0 Å². The van der Waals surface area contributed by atoms with Gasteiger partial charge in [-0.25, -0.2) is 4.39 Å². The van der Waals surface area contributed by atoms with E-state index in [0.29, 0.717) is 12.4 Å².